The first-order valence-corrected chi connectivity index (χ1v) is 7.15. The zero-order chi connectivity index (χ0) is 14.9. The fraction of sp³-hybridized carbons (Fsp3) is 0.0769. The SMILES string of the molecule is Cc1cc(Br)cnc1NC(=O)c1cc(N)c(F)cc1Br. The second-order valence-corrected chi connectivity index (χ2v) is 5.90. The molecule has 3 N–H and O–H groups in total. The molecule has 104 valence electrons. The van der Waals surface area contributed by atoms with Crippen LogP contribution in [0.4, 0.5) is 15.9 Å². The van der Waals surface area contributed by atoms with Gasteiger partial charge in [0.1, 0.15) is 11.6 Å². The molecule has 0 saturated carbocycles. The van der Waals surface area contributed by atoms with Crippen LogP contribution in [0.1, 0.15) is 15.9 Å². The quantitative estimate of drug-likeness (QED) is 0.748. The van der Waals surface area contributed by atoms with Crippen molar-refractivity contribution in [2.75, 3.05) is 11.1 Å². The van der Waals surface area contributed by atoms with Gasteiger partial charge in [0.05, 0.1) is 11.3 Å². The van der Waals surface area contributed by atoms with Crippen molar-refractivity contribution in [1.29, 1.82) is 0 Å². The Morgan fingerprint density at radius 2 is 2.05 bits per heavy atom. The highest BCUT2D eigenvalue weighted by Crippen LogP contribution is 2.24. The third-order valence-electron chi connectivity index (χ3n) is 2.61. The summed E-state index contributed by atoms with van der Waals surface area (Å²) in [5, 5.41) is 2.66. The number of carbonyl (C=O) groups is 1. The molecule has 0 aliphatic heterocycles. The van der Waals surface area contributed by atoms with Gasteiger partial charge in [-0.3, -0.25) is 4.79 Å². The highest BCUT2D eigenvalue weighted by Gasteiger charge is 2.15. The van der Waals surface area contributed by atoms with Gasteiger partial charge in [-0.25, -0.2) is 9.37 Å². The van der Waals surface area contributed by atoms with Crippen molar-refractivity contribution in [1.82, 2.24) is 4.98 Å². The van der Waals surface area contributed by atoms with Crippen LogP contribution in [0.5, 0.6) is 0 Å². The number of benzene rings is 1. The van der Waals surface area contributed by atoms with Crippen LogP contribution in [-0.2, 0) is 0 Å². The molecular formula is C13H10Br2FN3O. The van der Waals surface area contributed by atoms with E-state index in [1.165, 1.54) is 6.07 Å². The van der Waals surface area contributed by atoms with Crippen LogP contribution in [0.2, 0.25) is 0 Å². The number of rotatable bonds is 2. The molecule has 1 aromatic carbocycles. The Morgan fingerprint density at radius 1 is 1.35 bits per heavy atom. The fourth-order valence-corrected chi connectivity index (χ4v) is 2.53. The molecule has 0 bridgehead atoms. The van der Waals surface area contributed by atoms with E-state index in [9.17, 15) is 9.18 Å². The molecule has 2 aromatic rings. The van der Waals surface area contributed by atoms with Gasteiger partial charge >= 0.3 is 0 Å². The monoisotopic (exact) mass is 401 g/mol. The first kappa shape index (κ1) is 14.9. The second-order valence-electron chi connectivity index (χ2n) is 4.13. The number of nitrogen functional groups attached to an aromatic ring is 1. The van der Waals surface area contributed by atoms with Crippen LogP contribution in [0.3, 0.4) is 0 Å². The molecule has 0 aliphatic carbocycles. The van der Waals surface area contributed by atoms with E-state index in [0.29, 0.717) is 10.3 Å². The van der Waals surface area contributed by atoms with Crippen molar-refractivity contribution in [2.24, 2.45) is 0 Å². The molecule has 0 unspecified atom stereocenters. The lowest BCUT2D eigenvalue weighted by molar-refractivity contribution is 0.102. The number of hydrogen-bond donors (Lipinski definition) is 2. The number of hydrogen-bond acceptors (Lipinski definition) is 3. The average molecular weight is 403 g/mol. The van der Waals surface area contributed by atoms with E-state index in [-0.39, 0.29) is 11.3 Å². The first-order chi connectivity index (χ1) is 9.38. The Balaban J connectivity index is 2.31. The number of halogens is 3. The van der Waals surface area contributed by atoms with E-state index in [2.05, 4.69) is 42.2 Å². The van der Waals surface area contributed by atoms with Crippen molar-refractivity contribution < 1.29 is 9.18 Å². The van der Waals surface area contributed by atoms with Crippen LogP contribution in [-0.4, -0.2) is 10.9 Å². The van der Waals surface area contributed by atoms with E-state index in [1.54, 1.807) is 6.20 Å². The average Bonchev–Trinajstić information content (AvgIpc) is 2.37. The molecule has 7 heteroatoms. The van der Waals surface area contributed by atoms with Crippen molar-refractivity contribution in [3.05, 3.63) is 50.3 Å². The molecule has 0 aliphatic rings. The van der Waals surface area contributed by atoms with Gasteiger partial charge in [0.15, 0.2) is 0 Å². The van der Waals surface area contributed by atoms with Gasteiger partial charge in [0, 0.05) is 15.1 Å². The molecule has 20 heavy (non-hydrogen) atoms. The number of nitrogens with one attached hydrogen (secondary N) is 1. The lowest BCUT2D eigenvalue weighted by atomic mass is 10.1. The van der Waals surface area contributed by atoms with Crippen LogP contribution in [0.25, 0.3) is 0 Å². The zero-order valence-corrected chi connectivity index (χ0v) is 13.5. The molecule has 1 amide bonds. The summed E-state index contributed by atoms with van der Waals surface area (Å²) in [7, 11) is 0. The molecular weight excluding hydrogens is 393 g/mol. The van der Waals surface area contributed by atoms with Gasteiger partial charge in [0.2, 0.25) is 0 Å². The minimum Gasteiger partial charge on any atom is -0.396 e. The normalized spacial score (nSPS) is 10.4. The molecule has 1 aromatic heterocycles. The van der Waals surface area contributed by atoms with E-state index in [0.717, 1.165) is 16.1 Å². The molecule has 0 atom stereocenters. The second kappa shape index (κ2) is 5.88. The predicted octanol–water partition coefficient (Wildman–Crippen LogP) is 3.89. The Labute approximate surface area is 131 Å². The number of aryl methyl sites for hydroxylation is 1. The van der Waals surface area contributed by atoms with Crippen molar-refractivity contribution in [3.63, 3.8) is 0 Å². The van der Waals surface area contributed by atoms with E-state index >= 15 is 0 Å². The fourth-order valence-electron chi connectivity index (χ4n) is 1.59. The summed E-state index contributed by atoms with van der Waals surface area (Å²) < 4.78 is 14.4. The van der Waals surface area contributed by atoms with E-state index in [1.807, 2.05) is 13.0 Å². The number of amides is 1. The van der Waals surface area contributed by atoms with Crippen LogP contribution in [0.15, 0.2) is 33.3 Å². The molecule has 1 heterocycles. The summed E-state index contributed by atoms with van der Waals surface area (Å²) in [6, 6.07) is 4.27. The first-order valence-electron chi connectivity index (χ1n) is 5.56. The number of nitrogens with two attached hydrogens (primary N) is 1. The lowest BCUT2D eigenvalue weighted by Gasteiger charge is -2.10. The number of aromatic nitrogens is 1. The zero-order valence-electron chi connectivity index (χ0n) is 10.4. The third kappa shape index (κ3) is 3.16. The van der Waals surface area contributed by atoms with Gasteiger partial charge in [-0.15, -0.1) is 0 Å². The lowest BCUT2D eigenvalue weighted by Crippen LogP contribution is -2.15. The molecule has 0 radical (unpaired) electrons. The topological polar surface area (TPSA) is 68.0 Å². The van der Waals surface area contributed by atoms with Gasteiger partial charge in [-0.2, -0.15) is 0 Å². The summed E-state index contributed by atoms with van der Waals surface area (Å²) in [4.78, 5) is 16.3. The number of nitrogens with zero attached hydrogens (tertiary/aromatic N) is 1. The predicted molar refractivity (Wildman–Crippen MR) is 83.1 cm³/mol. The van der Waals surface area contributed by atoms with Crippen LogP contribution < -0.4 is 11.1 Å². The highest BCUT2D eigenvalue weighted by molar-refractivity contribution is 9.10. The van der Waals surface area contributed by atoms with E-state index < -0.39 is 11.7 Å². The standard InChI is InChI=1S/C13H10Br2FN3O/c1-6-2-7(14)5-18-12(6)19-13(20)8-3-11(17)10(16)4-9(8)15/h2-5H,17H2,1H3,(H,18,19,20). The summed E-state index contributed by atoms with van der Waals surface area (Å²) in [5.74, 6) is -0.555. The Bertz CT molecular complexity index is 692. The molecule has 0 spiro atoms. The molecule has 0 saturated heterocycles. The van der Waals surface area contributed by atoms with Crippen molar-refractivity contribution in [3.8, 4) is 0 Å². The Hall–Kier alpha value is -1.47. The largest absolute Gasteiger partial charge is 0.396 e. The molecule has 2 rings (SSSR count). The third-order valence-corrected chi connectivity index (χ3v) is 3.70. The minimum atomic E-state index is -0.577. The Kier molecular flexibility index (Phi) is 4.39. The van der Waals surface area contributed by atoms with E-state index in [4.69, 9.17) is 5.73 Å². The van der Waals surface area contributed by atoms with Gasteiger partial charge < -0.3 is 11.1 Å². The summed E-state index contributed by atoms with van der Waals surface area (Å²) in [6.45, 7) is 1.82. The maximum Gasteiger partial charge on any atom is 0.258 e. The van der Waals surface area contributed by atoms with Crippen molar-refractivity contribution in [2.45, 2.75) is 6.92 Å². The van der Waals surface area contributed by atoms with Gasteiger partial charge in [-0.1, -0.05) is 0 Å². The maximum absolute atomic E-state index is 13.3. The minimum absolute atomic E-state index is 0.0844. The van der Waals surface area contributed by atoms with Gasteiger partial charge in [0.25, 0.3) is 5.91 Å². The van der Waals surface area contributed by atoms with Crippen LogP contribution in [0, 0.1) is 12.7 Å². The summed E-state index contributed by atoms with van der Waals surface area (Å²) >= 11 is 6.44. The highest BCUT2D eigenvalue weighted by atomic mass is 79.9. The summed E-state index contributed by atoms with van der Waals surface area (Å²) in [5.41, 5.74) is 6.44. The van der Waals surface area contributed by atoms with Crippen molar-refractivity contribution >= 4 is 49.3 Å². The Morgan fingerprint density at radius 3 is 2.70 bits per heavy atom. The number of pyridine rings is 1. The van der Waals surface area contributed by atoms with Crippen LogP contribution >= 0.6 is 31.9 Å². The number of anilines is 2. The van der Waals surface area contributed by atoms with Gasteiger partial charge in [-0.05, 0) is 62.5 Å². The maximum atomic E-state index is 13.3. The number of carbonyl (C=O) groups excluding carboxylic acids is 1. The molecule has 0 fully saturated rings. The smallest absolute Gasteiger partial charge is 0.258 e. The molecule has 4 nitrogen and oxygen atoms in total. The summed E-state index contributed by atoms with van der Waals surface area (Å²) in [6.07, 6.45) is 1.58.